The van der Waals surface area contributed by atoms with Crippen molar-refractivity contribution >= 4 is 32.6 Å². The molecule has 2 aromatic carbocycles. The Morgan fingerprint density at radius 3 is 2.64 bits per heavy atom. The van der Waals surface area contributed by atoms with Gasteiger partial charge in [-0.05, 0) is 43.2 Å². The number of rotatable bonds is 8. The minimum Gasteiger partial charge on any atom is -0.484 e. The van der Waals surface area contributed by atoms with E-state index in [-0.39, 0.29) is 12.5 Å². The average Bonchev–Trinajstić information content (AvgIpc) is 3.08. The zero-order valence-corrected chi connectivity index (χ0v) is 17.8. The number of ether oxygens (including phenoxy) is 1. The summed E-state index contributed by atoms with van der Waals surface area (Å²) < 4.78 is 6.81. The summed E-state index contributed by atoms with van der Waals surface area (Å²) in [5.74, 6) is 0.635. The Labute approximate surface area is 170 Å². The van der Waals surface area contributed by atoms with Gasteiger partial charge in [-0.3, -0.25) is 9.69 Å². The summed E-state index contributed by atoms with van der Waals surface area (Å²) in [4.78, 5) is 20.9. The van der Waals surface area contributed by atoms with Crippen molar-refractivity contribution < 1.29 is 14.4 Å². The monoisotopic (exact) mass is 398 g/mol. The van der Waals surface area contributed by atoms with E-state index in [9.17, 15) is 4.79 Å². The van der Waals surface area contributed by atoms with Crippen LogP contribution in [0.3, 0.4) is 0 Å². The number of quaternary nitrogens is 1. The van der Waals surface area contributed by atoms with Crippen LogP contribution >= 0.6 is 11.3 Å². The molecule has 6 heteroatoms. The lowest BCUT2D eigenvalue weighted by Crippen LogP contribution is -3.05. The van der Waals surface area contributed by atoms with Crippen LogP contribution in [0.1, 0.15) is 17.5 Å². The largest absolute Gasteiger partial charge is 0.484 e. The summed E-state index contributed by atoms with van der Waals surface area (Å²) in [6.45, 7) is 5.79. The number of hydrogen-bond acceptors (Lipinski definition) is 4. The van der Waals surface area contributed by atoms with E-state index < -0.39 is 0 Å². The lowest BCUT2D eigenvalue weighted by molar-refractivity contribution is -0.858. The van der Waals surface area contributed by atoms with Crippen molar-refractivity contribution in [3.63, 3.8) is 0 Å². The van der Waals surface area contributed by atoms with E-state index in [0.29, 0.717) is 12.3 Å². The van der Waals surface area contributed by atoms with Gasteiger partial charge < -0.3 is 9.64 Å². The molecule has 1 heterocycles. The van der Waals surface area contributed by atoms with Crippen molar-refractivity contribution in [3.8, 4) is 5.75 Å². The predicted molar refractivity (Wildman–Crippen MR) is 116 cm³/mol. The molecule has 0 saturated heterocycles. The van der Waals surface area contributed by atoms with Crippen LogP contribution in [-0.2, 0) is 4.79 Å². The first kappa shape index (κ1) is 20.3. The molecule has 1 N–H and O–H groups in total. The molecule has 0 saturated carbocycles. The molecule has 0 aliphatic heterocycles. The van der Waals surface area contributed by atoms with E-state index in [1.54, 1.807) is 16.2 Å². The molecule has 148 valence electrons. The van der Waals surface area contributed by atoms with Crippen LogP contribution in [0.25, 0.3) is 10.2 Å². The molecule has 28 heavy (non-hydrogen) atoms. The van der Waals surface area contributed by atoms with Crippen molar-refractivity contribution in [3.05, 3.63) is 53.6 Å². The van der Waals surface area contributed by atoms with Gasteiger partial charge in [0.15, 0.2) is 11.7 Å². The Hall–Kier alpha value is -2.44. The predicted octanol–water partition coefficient (Wildman–Crippen LogP) is 2.86. The fraction of sp³-hybridized carbons (Fsp3) is 0.364. The quantitative estimate of drug-likeness (QED) is 0.635. The Morgan fingerprint density at radius 1 is 1.18 bits per heavy atom. The Kier molecular flexibility index (Phi) is 6.65. The fourth-order valence-electron chi connectivity index (χ4n) is 3.13. The number of aromatic nitrogens is 1. The number of nitrogens with zero attached hydrogens (tertiary/aromatic N) is 2. The number of amides is 1. The maximum Gasteiger partial charge on any atom is 0.266 e. The van der Waals surface area contributed by atoms with Crippen molar-refractivity contribution in [2.45, 2.75) is 20.3 Å². The molecule has 1 aromatic heterocycles. The van der Waals surface area contributed by atoms with E-state index in [0.717, 1.165) is 33.9 Å². The van der Waals surface area contributed by atoms with Crippen LogP contribution < -0.4 is 14.5 Å². The van der Waals surface area contributed by atoms with Gasteiger partial charge in [0.05, 0.1) is 30.9 Å². The topological polar surface area (TPSA) is 46.9 Å². The SMILES string of the molecule is Cc1cc(C)c2nc(N(CCC[NH+](C)C)C(=O)COc3ccccc3)sc2c1. The van der Waals surface area contributed by atoms with Gasteiger partial charge in [0.25, 0.3) is 5.91 Å². The van der Waals surface area contributed by atoms with Crippen LogP contribution in [0.15, 0.2) is 42.5 Å². The summed E-state index contributed by atoms with van der Waals surface area (Å²) >= 11 is 1.57. The van der Waals surface area contributed by atoms with Gasteiger partial charge in [-0.25, -0.2) is 4.98 Å². The van der Waals surface area contributed by atoms with Gasteiger partial charge in [-0.15, -0.1) is 0 Å². The molecule has 0 fully saturated rings. The zero-order chi connectivity index (χ0) is 20.1. The molecule has 0 spiro atoms. The molecule has 0 atom stereocenters. The summed E-state index contributed by atoms with van der Waals surface area (Å²) in [5.41, 5.74) is 3.33. The Balaban J connectivity index is 1.81. The lowest BCUT2D eigenvalue weighted by Gasteiger charge is -2.20. The first-order valence-corrected chi connectivity index (χ1v) is 10.4. The van der Waals surface area contributed by atoms with Crippen LogP contribution in [0, 0.1) is 13.8 Å². The second-order valence-electron chi connectivity index (χ2n) is 7.38. The molecule has 3 aromatic rings. The van der Waals surface area contributed by atoms with E-state index in [1.807, 2.05) is 30.3 Å². The molecular weight excluding hydrogens is 370 g/mol. The minimum absolute atomic E-state index is 0.00672. The van der Waals surface area contributed by atoms with Crippen LogP contribution in [0.4, 0.5) is 5.13 Å². The van der Waals surface area contributed by atoms with Crippen LogP contribution in [0.2, 0.25) is 0 Å². The lowest BCUT2D eigenvalue weighted by atomic mass is 10.1. The molecule has 0 aliphatic carbocycles. The highest BCUT2D eigenvalue weighted by atomic mass is 32.1. The standard InChI is InChI=1S/C22H27N3O2S/c1-16-13-17(2)21-19(14-16)28-22(23-21)25(12-8-11-24(3)4)20(26)15-27-18-9-6-5-7-10-18/h5-7,9-10,13-14H,8,11-12,15H2,1-4H3/p+1. The molecule has 0 unspecified atom stereocenters. The van der Waals surface area contributed by atoms with Crippen molar-refractivity contribution in [2.24, 2.45) is 0 Å². The van der Waals surface area contributed by atoms with E-state index in [4.69, 9.17) is 9.72 Å². The highest BCUT2D eigenvalue weighted by Gasteiger charge is 2.21. The Morgan fingerprint density at radius 2 is 1.93 bits per heavy atom. The molecule has 0 bridgehead atoms. The fourth-order valence-corrected chi connectivity index (χ4v) is 4.32. The molecule has 5 nitrogen and oxygen atoms in total. The maximum atomic E-state index is 13.0. The second kappa shape index (κ2) is 9.17. The third-order valence-corrected chi connectivity index (χ3v) is 5.54. The highest BCUT2D eigenvalue weighted by Crippen LogP contribution is 2.32. The van der Waals surface area contributed by atoms with Crippen molar-refractivity contribution in [1.29, 1.82) is 0 Å². The van der Waals surface area contributed by atoms with Gasteiger partial charge >= 0.3 is 0 Å². The number of aryl methyl sites for hydroxylation is 2. The van der Waals surface area contributed by atoms with Gasteiger partial charge in [0.1, 0.15) is 5.75 Å². The number of nitrogens with one attached hydrogen (secondary N) is 1. The third kappa shape index (κ3) is 5.09. The number of para-hydroxylation sites is 1. The third-order valence-electron chi connectivity index (χ3n) is 4.51. The second-order valence-corrected chi connectivity index (χ2v) is 8.39. The number of hydrogen-bond donors (Lipinski definition) is 1. The molecule has 1 amide bonds. The van der Waals surface area contributed by atoms with Gasteiger partial charge in [-0.1, -0.05) is 35.6 Å². The molecule has 0 aliphatic rings. The number of carbonyl (C=O) groups is 1. The Bertz CT molecular complexity index is 938. The minimum atomic E-state index is -0.0639. The average molecular weight is 399 g/mol. The molecular formula is C22H28N3O2S+. The maximum absolute atomic E-state index is 13.0. The van der Waals surface area contributed by atoms with Crippen molar-refractivity contribution in [1.82, 2.24) is 4.98 Å². The highest BCUT2D eigenvalue weighted by molar-refractivity contribution is 7.22. The number of anilines is 1. The first-order chi connectivity index (χ1) is 13.4. The van der Waals surface area contributed by atoms with Crippen LogP contribution in [-0.4, -0.2) is 44.7 Å². The van der Waals surface area contributed by atoms with E-state index in [2.05, 4.69) is 40.1 Å². The van der Waals surface area contributed by atoms with Gasteiger partial charge in [-0.2, -0.15) is 0 Å². The smallest absolute Gasteiger partial charge is 0.266 e. The summed E-state index contributed by atoms with van der Waals surface area (Å²) in [6.07, 6.45) is 0.910. The number of carbonyl (C=O) groups excluding carboxylic acids is 1. The van der Waals surface area contributed by atoms with Gasteiger partial charge in [0, 0.05) is 13.0 Å². The normalized spacial score (nSPS) is 11.2. The molecule has 3 rings (SSSR count). The van der Waals surface area contributed by atoms with E-state index in [1.165, 1.54) is 10.5 Å². The van der Waals surface area contributed by atoms with Crippen molar-refractivity contribution in [2.75, 3.05) is 38.7 Å². The summed E-state index contributed by atoms with van der Waals surface area (Å²) in [5, 5.41) is 0.749. The summed E-state index contributed by atoms with van der Waals surface area (Å²) in [7, 11) is 4.24. The van der Waals surface area contributed by atoms with Crippen LogP contribution in [0.5, 0.6) is 5.75 Å². The number of benzene rings is 2. The zero-order valence-electron chi connectivity index (χ0n) is 17.0. The number of fused-ring (bicyclic) bond motifs is 1. The van der Waals surface area contributed by atoms with E-state index >= 15 is 0 Å². The molecule has 0 radical (unpaired) electrons. The van der Waals surface area contributed by atoms with Gasteiger partial charge in [0.2, 0.25) is 0 Å². The number of thiazole rings is 1. The summed E-state index contributed by atoms with van der Waals surface area (Å²) in [6, 6.07) is 13.7. The first-order valence-electron chi connectivity index (χ1n) is 9.59.